The highest BCUT2D eigenvalue weighted by molar-refractivity contribution is 14.1. The van der Waals surface area contributed by atoms with E-state index in [-0.39, 0.29) is 5.69 Å². The van der Waals surface area contributed by atoms with E-state index in [1.165, 1.54) is 0 Å². The Morgan fingerprint density at radius 3 is 2.43 bits per heavy atom. The summed E-state index contributed by atoms with van der Waals surface area (Å²) in [5.74, 6) is 0. The fourth-order valence-electron chi connectivity index (χ4n) is 2.17. The lowest BCUT2D eigenvalue weighted by molar-refractivity contribution is 0.218. The number of H-pyrrole nitrogens is 2. The van der Waals surface area contributed by atoms with E-state index >= 15 is 0 Å². The first kappa shape index (κ1) is 15.3. The van der Waals surface area contributed by atoms with E-state index in [1.54, 1.807) is 12.1 Å². The van der Waals surface area contributed by atoms with Crippen LogP contribution in [0.5, 0.6) is 0 Å². The van der Waals surface area contributed by atoms with Gasteiger partial charge in [0.2, 0.25) is 0 Å². The molecule has 1 unspecified atom stereocenters. The summed E-state index contributed by atoms with van der Waals surface area (Å²) in [5, 5.41) is 10.7. The lowest BCUT2D eigenvalue weighted by Gasteiger charge is -2.15. The van der Waals surface area contributed by atoms with Gasteiger partial charge in [-0.3, -0.25) is 0 Å². The number of benzene rings is 2. The molecule has 0 bridgehead atoms. The van der Waals surface area contributed by atoms with Crippen molar-refractivity contribution in [3.63, 3.8) is 0 Å². The third-order valence-electron chi connectivity index (χ3n) is 3.18. The van der Waals surface area contributed by atoms with E-state index in [1.807, 2.05) is 18.2 Å². The van der Waals surface area contributed by atoms with E-state index in [0.29, 0.717) is 16.6 Å². The van der Waals surface area contributed by atoms with Crippen LogP contribution in [0.2, 0.25) is 0 Å². The molecule has 7 heteroatoms. The summed E-state index contributed by atoms with van der Waals surface area (Å²) >= 11 is 9.07. The van der Waals surface area contributed by atoms with Crippen LogP contribution in [0.3, 0.4) is 0 Å². The molecule has 4 nitrogen and oxygen atoms in total. The summed E-state index contributed by atoms with van der Waals surface area (Å²) in [4.78, 5) is 16.8. The van der Waals surface area contributed by atoms with Crippen LogP contribution in [0.1, 0.15) is 17.2 Å². The number of aromatic nitrogens is 2. The summed E-state index contributed by atoms with van der Waals surface area (Å²) in [6, 6.07) is 9.33. The Balaban J connectivity index is 2.16. The topological polar surface area (TPSA) is 68.9 Å². The van der Waals surface area contributed by atoms with Crippen LogP contribution < -0.4 is 5.69 Å². The van der Waals surface area contributed by atoms with Crippen molar-refractivity contribution in [2.75, 3.05) is 0 Å². The number of fused-ring (bicyclic) bond motifs is 1. The molecule has 108 valence electrons. The number of rotatable bonds is 2. The maximum Gasteiger partial charge on any atom is 0.323 e. The number of aromatic amines is 2. The summed E-state index contributed by atoms with van der Waals surface area (Å²) < 4.78 is 2.62. The van der Waals surface area contributed by atoms with Gasteiger partial charge in [0, 0.05) is 18.1 Å². The Kier molecular flexibility index (Phi) is 4.26. The summed E-state index contributed by atoms with van der Waals surface area (Å²) in [7, 11) is 0. The maximum atomic E-state index is 11.4. The molecule has 0 spiro atoms. The molecule has 3 aromatic rings. The van der Waals surface area contributed by atoms with Gasteiger partial charge in [0.1, 0.15) is 6.10 Å². The minimum absolute atomic E-state index is 0.263. The largest absolute Gasteiger partial charge is 0.384 e. The summed E-state index contributed by atoms with van der Waals surface area (Å²) in [6.45, 7) is 0. The Hall–Kier alpha value is -0.640. The van der Waals surface area contributed by atoms with Gasteiger partial charge >= 0.3 is 5.69 Å². The second-order valence-electron chi connectivity index (χ2n) is 4.57. The van der Waals surface area contributed by atoms with E-state index in [4.69, 9.17) is 0 Å². The third-order valence-corrected chi connectivity index (χ3v) is 5.34. The Labute approximate surface area is 150 Å². The van der Waals surface area contributed by atoms with E-state index in [0.717, 1.165) is 18.1 Å². The second kappa shape index (κ2) is 5.86. The highest BCUT2D eigenvalue weighted by Gasteiger charge is 2.18. The number of nitrogens with one attached hydrogen (secondary N) is 2. The molecular formula is C14H9Br2IN2O2. The van der Waals surface area contributed by atoms with Crippen LogP contribution in [0.25, 0.3) is 11.0 Å². The van der Waals surface area contributed by atoms with Crippen molar-refractivity contribution in [2.24, 2.45) is 0 Å². The molecule has 0 radical (unpaired) electrons. The Bertz CT molecular complexity index is 888. The molecule has 2 aromatic carbocycles. The van der Waals surface area contributed by atoms with Crippen molar-refractivity contribution in [1.29, 1.82) is 0 Å². The fourth-order valence-corrected chi connectivity index (χ4v) is 3.74. The van der Waals surface area contributed by atoms with Crippen molar-refractivity contribution in [2.45, 2.75) is 6.10 Å². The van der Waals surface area contributed by atoms with Crippen molar-refractivity contribution < 1.29 is 5.11 Å². The average molecular weight is 524 g/mol. The van der Waals surface area contributed by atoms with Crippen molar-refractivity contribution in [3.8, 4) is 0 Å². The molecule has 3 N–H and O–H groups in total. The van der Waals surface area contributed by atoms with Gasteiger partial charge in [0.15, 0.2) is 0 Å². The van der Waals surface area contributed by atoms with Crippen LogP contribution in [0.4, 0.5) is 0 Å². The van der Waals surface area contributed by atoms with Gasteiger partial charge < -0.3 is 15.1 Å². The molecule has 1 atom stereocenters. The predicted octanol–water partition coefficient (Wildman–Crippen LogP) is 4.07. The van der Waals surface area contributed by atoms with Crippen molar-refractivity contribution >= 4 is 65.5 Å². The first-order chi connectivity index (χ1) is 9.95. The molecule has 0 saturated carbocycles. The zero-order chi connectivity index (χ0) is 15.1. The van der Waals surface area contributed by atoms with E-state index in [2.05, 4.69) is 64.4 Å². The quantitative estimate of drug-likeness (QED) is 0.443. The minimum atomic E-state index is -0.786. The van der Waals surface area contributed by atoms with Crippen LogP contribution in [0.15, 0.2) is 44.1 Å². The molecule has 0 amide bonds. The molecule has 0 aliphatic carbocycles. The number of imidazole rings is 1. The van der Waals surface area contributed by atoms with Gasteiger partial charge in [0.05, 0.1) is 11.0 Å². The highest BCUT2D eigenvalue weighted by atomic mass is 127. The zero-order valence-corrected chi connectivity index (χ0v) is 15.8. The average Bonchev–Trinajstić information content (AvgIpc) is 2.79. The minimum Gasteiger partial charge on any atom is -0.384 e. The van der Waals surface area contributed by atoms with Gasteiger partial charge in [-0.15, -0.1) is 0 Å². The monoisotopic (exact) mass is 522 g/mol. The molecule has 0 saturated heterocycles. The maximum absolute atomic E-state index is 11.4. The molecular weight excluding hydrogens is 515 g/mol. The van der Waals surface area contributed by atoms with Crippen LogP contribution in [0, 0.1) is 3.57 Å². The SMILES string of the molecule is O=c1[nH]c2cc(Br)c(C(O)c3cc(Br)ccc3I)cc2[nH]1. The standard InChI is InChI=1S/C14H9Br2IN2O2/c15-6-1-2-10(17)8(3-6)13(20)7-4-11-12(5-9(7)16)19-14(21)18-11/h1-5,13,20H,(H2,18,19,21). The summed E-state index contributed by atoms with van der Waals surface area (Å²) in [5.41, 5.74) is 2.62. The molecule has 0 aliphatic heterocycles. The highest BCUT2D eigenvalue weighted by Crippen LogP contribution is 2.34. The Morgan fingerprint density at radius 1 is 1.05 bits per heavy atom. The number of hydrogen-bond donors (Lipinski definition) is 3. The molecule has 0 aliphatic rings. The van der Waals surface area contributed by atoms with Crippen LogP contribution >= 0.6 is 54.5 Å². The van der Waals surface area contributed by atoms with Gasteiger partial charge in [-0.1, -0.05) is 31.9 Å². The first-order valence-corrected chi connectivity index (χ1v) is 8.66. The third kappa shape index (κ3) is 2.96. The number of halogens is 3. The fraction of sp³-hybridized carbons (Fsp3) is 0.0714. The summed E-state index contributed by atoms with van der Waals surface area (Å²) in [6.07, 6.45) is -0.786. The lowest BCUT2D eigenvalue weighted by atomic mass is 10.0. The normalized spacial score (nSPS) is 12.8. The molecule has 21 heavy (non-hydrogen) atoms. The second-order valence-corrected chi connectivity index (χ2v) is 7.50. The molecule has 1 aromatic heterocycles. The van der Waals surface area contributed by atoms with Gasteiger partial charge in [-0.2, -0.15) is 0 Å². The molecule has 1 heterocycles. The van der Waals surface area contributed by atoms with E-state index < -0.39 is 6.10 Å². The first-order valence-electron chi connectivity index (χ1n) is 6.00. The lowest BCUT2D eigenvalue weighted by Crippen LogP contribution is -2.03. The van der Waals surface area contributed by atoms with Crippen molar-refractivity contribution in [1.82, 2.24) is 9.97 Å². The van der Waals surface area contributed by atoms with Crippen LogP contribution in [-0.4, -0.2) is 15.1 Å². The van der Waals surface area contributed by atoms with E-state index in [9.17, 15) is 9.90 Å². The van der Waals surface area contributed by atoms with Gasteiger partial charge in [-0.05, 0) is 58.5 Å². The Morgan fingerprint density at radius 2 is 1.71 bits per heavy atom. The van der Waals surface area contributed by atoms with Gasteiger partial charge in [-0.25, -0.2) is 4.79 Å². The van der Waals surface area contributed by atoms with Gasteiger partial charge in [0.25, 0.3) is 0 Å². The predicted molar refractivity (Wildman–Crippen MR) is 97.5 cm³/mol. The number of aliphatic hydroxyl groups excluding tert-OH is 1. The van der Waals surface area contributed by atoms with Crippen molar-refractivity contribution in [3.05, 3.63) is 64.5 Å². The molecule has 3 rings (SSSR count). The van der Waals surface area contributed by atoms with Crippen LogP contribution in [-0.2, 0) is 0 Å². The number of aliphatic hydroxyl groups is 1. The smallest absolute Gasteiger partial charge is 0.323 e. The zero-order valence-electron chi connectivity index (χ0n) is 10.5. The number of hydrogen-bond acceptors (Lipinski definition) is 2. The molecule has 0 fully saturated rings.